The number of phosphoric ester groups is 1. The summed E-state index contributed by atoms with van der Waals surface area (Å²) < 4.78 is 23.0. The predicted molar refractivity (Wildman–Crippen MR) is 231 cm³/mol. The maximum Gasteiger partial charge on any atom is 0.472 e. The van der Waals surface area contributed by atoms with Gasteiger partial charge in [0.25, 0.3) is 0 Å². The van der Waals surface area contributed by atoms with Gasteiger partial charge in [0.15, 0.2) is 0 Å². The van der Waals surface area contributed by atoms with Crippen molar-refractivity contribution in [3.05, 3.63) is 36.5 Å². The highest BCUT2D eigenvalue weighted by atomic mass is 31.2. The summed E-state index contributed by atoms with van der Waals surface area (Å²) in [5, 5.41) is 13.3. The number of hydrogen-bond acceptors (Lipinski definition) is 5. The molecule has 0 bridgehead atoms. The van der Waals surface area contributed by atoms with Crippen molar-refractivity contribution in [1.29, 1.82) is 0 Å². The molecule has 0 radical (unpaired) electrons. The third kappa shape index (κ3) is 39.0. The number of phosphoric acid groups is 1. The minimum atomic E-state index is -4.31. The number of aliphatic hydroxyl groups is 1. The minimum Gasteiger partial charge on any atom is -0.387 e. The average Bonchev–Trinajstić information content (AvgIpc) is 3.12. The van der Waals surface area contributed by atoms with E-state index in [0.717, 1.165) is 25.7 Å². The van der Waals surface area contributed by atoms with Gasteiger partial charge in [0, 0.05) is 6.42 Å². The number of hydrogen-bond donors (Lipinski definition) is 3. The lowest BCUT2D eigenvalue weighted by molar-refractivity contribution is -0.870. The van der Waals surface area contributed by atoms with Gasteiger partial charge >= 0.3 is 7.82 Å². The van der Waals surface area contributed by atoms with E-state index in [-0.39, 0.29) is 25.5 Å². The molecule has 8 nitrogen and oxygen atoms in total. The third-order valence-corrected chi connectivity index (χ3v) is 10.9. The number of carbonyl (C=O) groups is 1. The largest absolute Gasteiger partial charge is 0.472 e. The molecule has 3 unspecified atom stereocenters. The molecule has 0 heterocycles. The van der Waals surface area contributed by atoms with E-state index in [4.69, 9.17) is 9.05 Å². The van der Waals surface area contributed by atoms with Gasteiger partial charge in [-0.05, 0) is 38.5 Å². The number of unbranched alkanes of at least 4 members (excludes halogenated alkanes) is 24. The van der Waals surface area contributed by atoms with E-state index in [0.29, 0.717) is 11.0 Å². The molecule has 0 aromatic heterocycles. The van der Waals surface area contributed by atoms with E-state index >= 15 is 0 Å². The Bertz CT molecular complexity index is 980. The van der Waals surface area contributed by atoms with Gasteiger partial charge in [0.2, 0.25) is 5.91 Å². The first-order valence-corrected chi connectivity index (χ1v) is 23.9. The summed E-state index contributed by atoms with van der Waals surface area (Å²) in [5.74, 6) is -0.280. The van der Waals surface area contributed by atoms with Crippen LogP contribution < -0.4 is 5.32 Å². The molecule has 0 aliphatic rings. The number of aliphatic hydroxyl groups excluding tert-OH is 1. The Morgan fingerprint density at radius 1 is 0.611 bits per heavy atom. The maximum absolute atomic E-state index is 12.3. The topological polar surface area (TPSA) is 105 Å². The number of amides is 1. The van der Waals surface area contributed by atoms with E-state index in [9.17, 15) is 19.4 Å². The summed E-state index contributed by atoms with van der Waals surface area (Å²) >= 11 is 0. The van der Waals surface area contributed by atoms with Crippen LogP contribution in [-0.2, 0) is 18.4 Å². The zero-order valence-corrected chi connectivity index (χ0v) is 36.9. The van der Waals surface area contributed by atoms with Crippen LogP contribution in [0.4, 0.5) is 0 Å². The Morgan fingerprint density at radius 3 is 1.41 bits per heavy atom. The summed E-state index contributed by atoms with van der Waals surface area (Å²) in [5.41, 5.74) is 0. The molecule has 0 spiro atoms. The number of allylic oxidation sites excluding steroid dienone is 5. The second-order valence-electron chi connectivity index (χ2n) is 16.4. The van der Waals surface area contributed by atoms with E-state index in [1.165, 1.54) is 148 Å². The van der Waals surface area contributed by atoms with Gasteiger partial charge in [-0.25, -0.2) is 4.57 Å². The predicted octanol–water partition coefficient (Wildman–Crippen LogP) is 12.3. The Kier molecular flexibility index (Phi) is 36.4. The lowest BCUT2D eigenvalue weighted by Crippen LogP contribution is -2.45. The van der Waals surface area contributed by atoms with E-state index in [2.05, 4.69) is 36.5 Å². The molecular formula is C45H88N2O6P+. The molecule has 0 rings (SSSR count). The van der Waals surface area contributed by atoms with Gasteiger partial charge in [-0.1, -0.05) is 185 Å². The molecule has 318 valence electrons. The summed E-state index contributed by atoms with van der Waals surface area (Å²) in [6.07, 6.45) is 47.8. The Balaban J connectivity index is 3.75. The summed E-state index contributed by atoms with van der Waals surface area (Å²) in [7, 11) is 1.54. The van der Waals surface area contributed by atoms with Crippen LogP contribution in [0.1, 0.15) is 194 Å². The Morgan fingerprint density at radius 2 is 1.00 bits per heavy atom. The van der Waals surface area contributed by atoms with Gasteiger partial charge in [-0.15, -0.1) is 0 Å². The van der Waals surface area contributed by atoms with Crippen LogP contribution in [0.2, 0.25) is 0 Å². The van der Waals surface area contributed by atoms with Crippen molar-refractivity contribution in [2.24, 2.45) is 0 Å². The average molecular weight is 784 g/mol. The standard InChI is InChI=1S/C45H87N2O6P/c1-6-8-9-10-11-12-13-14-15-16-17-18-19-20-21-22-23-24-25-26-27-28-29-30-31-32-33-34-35-36-37-38-39-44(48)43(46-45(49)7-2)42-53-54(50,51)52-41-40-47(3,4)5/h30-31,34-35,38-39,43-44,48H,6-29,32-33,36-37,40-42H2,1-5H3,(H-,46,49,50,51)/p+1/b31-30+,35-34+,39-38+. The summed E-state index contributed by atoms with van der Waals surface area (Å²) in [6, 6.07) is -0.864. The third-order valence-electron chi connectivity index (χ3n) is 9.90. The minimum absolute atomic E-state index is 0.0508. The molecule has 3 N–H and O–H groups in total. The fraction of sp³-hybridized carbons (Fsp3) is 0.844. The van der Waals surface area contributed by atoms with Gasteiger partial charge in [0.1, 0.15) is 13.2 Å². The van der Waals surface area contributed by atoms with Crippen molar-refractivity contribution in [2.75, 3.05) is 40.9 Å². The number of nitrogens with zero attached hydrogens (tertiary/aromatic N) is 1. The van der Waals surface area contributed by atoms with Crippen LogP contribution in [0.3, 0.4) is 0 Å². The molecule has 0 saturated carbocycles. The Hall–Kier alpha value is -1.28. The van der Waals surface area contributed by atoms with Crippen LogP contribution in [-0.4, -0.2) is 73.4 Å². The lowest BCUT2D eigenvalue weighted by atomic mass is 10.0. The molecule has 1 amide bonds. The second-order valence-corrected chi connectivity index (χ2v) is 17.8. The van der Waals surface area contributed by atoms with E-state index < -0.39 is 20.0 Å². The van der Waals surface area contributed by atoms with Crippen molar-refractivity contribution in [3.63, 3.8) is 0 Å². The van der Waals surface area contributed by atoms with Gasteiger partial charge in [-0.2, -0.15) is 0 Å². The highest BCUT2D eigenvalue weighted by Crippen LogP contribution is 2.43. The Labute approximate surface area is 334 Å². The van der Waals surface area contributed by atoms with E-state index in [1.807, 2.05) is 27.2 Å². The van der Waals surface area contributed by atoms with Gasteiger partial charge < -0.3 is 19.8 Å². The molecular weight excluding hydrogens is 695 g/mol. The molecule has 3 atom stereocenters. The first-order valence-electron chi connectivity index (χ1n) is 22.4. The number of carbonyl (C=O) groups excluding carboxylic acids is 1. The van der Waals surface area contributed by atoms with E-state index in [1.54, 1.807) is 13.0 Å². The van der Waals surface area contributed by atoms with Crippen LogP contribution in [0.5, 0.6) is 0 Å². The molecule has 0 fully saturated rings. The maximum atomic E-state index is 12.3. The number of quaternary nitrogens is 1. The zero-order valence-electron chi connectivity index (χ0n) is 36.0. The highest BCUT2D eigenvalue weighted by molar-refractivity contribution is 7.47. The van der Waals surface area contributed by atoms with Gasteiger partial charge in [-0.3, -0.25) is 13.8 Å². The lowest BCUT2D eigenvalue weighted by Gasteiger charge is -2.25. The number of nitrogens with one attached hydrogen (secondary N) is 1. The summed E-state index contributed by atoms with van der Waals surface area (Å²) in [4.78, 5) is 22.0. The van der Waals surface area contributed by atoms with Crippen molar-refractivity contribution in [3.8, 4) is 0 Å². The van der Waals surface area contributed by atoms with Crippen LogP contribution in [0.25, 0.3) is 0 Å². The molecule has 0 aromatic rings. The first-order chi connectivity index (χ1) is 26.0. The number of rotatable bonds is 40. The van der Waals surface area contributed by atoms with Gasteiger partial charge in [0.05, 0.1) is 39.9 Å². The molecule has 0 aliphatic carbocycles. The van der Waals surface area contributed by atoms with Crippen molar-refractivity contribution in [1.82, 2.24) is 5.32 Å². The van der Waals surface area contributed by atoms with Crippen molar-refractivity contribution in [2.45, 2.75) is 206 Å². The number of likely N-dealkylation sites (N-methyl/N-ethyl adjacent to an activating group) is 1. The molecule has 54 heavy (non-hydrogen) atoms. The molecule has 0 aliphatic heterocycles. The molecule has 9 heteroatoms. The summed E-state index contributed by atoms with van der Waals surface area (Å²) in [6.45, 7) is 4.23. The SMILES string of the molecule is CCCCCCCCCCCCCCCCCCCCCCCC/C=C/CC/C=C/CC/C=C/C(O)C(COP(=O)(O)OCC[N+](C)(C)C)NC(=O)CC. The monoisotopic (exact) mass is 784 g/mol. The van der Waals surface area contributed by atoms with Crippen LogP contribution in [0, 0.1) is 0 Å². The van der Waals surface area contributed by atoms with Crippen LogP contribution in [0.15, 0.2) is 36.5 Å². The second kappa shape index (κ2) is 37.3. The molecule has 0 saturated heterocycles. The van der Waals surface area contributed by atoms with Crippen molar-refractivity contribution < 1.29 is 32.9 Å². The molecule has 0 aromatic carbocycles. The highest BCUT2D eigenvalue weighted by Gasteiger charge is 2.27. The first kappa shape index (κ1) is 52.7. The quantitative estimate of drug-likeness (QED) is 0.0247. The smallest absolute Gasteiger partial charge is 0.387 e. The van der Waals surface area contributed by atoms with Crippen LogP contribution >= 0.6 is 7.82 Å². The normalized spacial score (nSPS) is 14.7. The zero-order chi connectivity index (χ0) is 40.0. The fourth-order valence-electron chi connectivity index (χ4n) is 6.27. The fourth-order valence-corrected chi connectivity index (χ4v) is 7.01. The van der Waals surface area contributed by atoms with Crippen molar-refractivity contribution >= 4 is 13.7 Å².